The monoisotopic (exact) mass is 348 g/mol. The zero-order valence-electron chi connectivity index (χ0n) is 16.6. The van der Waals surface area contributed by atoms with Crippen LogP contribution in [0.15, 0.2) is 48.7 Å². The highest BCUT2D eigenvalue weighted by atomic mass is 28.3. The summed E-state index contributed by atoms with van der Waals surface area (Å²) in [6, 6.07) is 16.2. The number of hydrogen-bond acceptors (Lipinski definition) is 0. The largest absolute Gasteiger partial charge is 0.220 e. The van der Waals surface area contributed by atoms with Gasteiger partial charge in [-0.15, -0.1) is 0 Å². The third-order valence-corrected chi connectivity index (χ3v) is 7.23. The maximum absolute atomic E-state index is 2.41. The molecule has 1 heterocycles. The van der Waals surface area contributed by atoms with Crippen molar-refractivity contribution in [1.29, 1.82) is 0 Å². The Morgan fingerprint density at radius 1 is 0.920 bits per heavy atom. The molecule has 25 heavy (non-hydrogen) atoms. The number of fused-ring (bicyclic) bond motifs is 1. The van der Waals surface area contributed by atoms with Crippen molar-refractivity contribution in [3.05, 3.63) is 59.8 Å². The molecule has 2 heteroatoms. The molecule has 3 rings (SSSR count). The summed E-state index contributed by atoms with van der Waals surface area (Å²) in [6.45, 7) is 14.0. The molecule has 0 aliphatic heterocycles. The van der Waals surface area contributed by atoms with E-state index >= 15 is 0 Å². The molecule has 3 aromatic rings. The van der Waals surface area contributed by atoms with Gasteiger partial charge in [0.1, 0.15) is 7.05 Å². The zero-order chi connectivity index (χ0) is 18.4. The van der Waals surface area contributed by atoms with Crippen LogP contribution in [0.2, 0.25) is 19.6 Å². The Kier molecular flexibility index (Phi) is 4.59. The van der Waals surface area contributed by atoms with Crippen molar-refractivity contribution in [3.63, 3.8) is 0 Å². The Labute approximate surface area is 153 Å². The second-order valence-corrected chi connectivity index (χ2v) is 13.6. The van der Waals surface area contributed by atoms with E-state index in [0.717, 1.165) is 0 Å². The maximum atomic E-state index is 2.41. The quantitative estimate of drug-likeness (QED) is 0.446. The Bertz CT molecular complexity index is 933. The number of benzene rings is 2. The lowest BCUT2D eigenvalue weighted by Crippen LogP contribution is -2.37. The first-order chi connectivity index (χ1) is 11.7. The van der Waals surface area contributed by atoms with Crippen LogP contribution in [-0.2, 0) is 7.05 Å². The molecule has 0 fully saturated rings. The summed E-state index contributed by atoms with van der Waals surface area (Å²) < 4.78 is 2.27. The topological polar surface area (TPSA) is 3.88 Å². The van der Waals surface area contributed by atoms with Crippen LogP contribution < -0.4 is 9.75 Å². The van der Waals surface area contributed by atoms with E-state index in [1.165, 1.54) is 38.3 Å². The molecule has 0 aliphatic rings. The summed E-state index contributed by atoms with van der Waals surface area (Å²) in [5, 5.41) is 4.21. The van der Waals surface area contributed by atoms with E-state index in [9.17, 15) is 0 Å². The molecule has 1 nitrogen and oxygen atoms in total. The molecule has 0 aliphatic carbocycles. The standard InChI is InChI=1S/C23H30NSi/c1-16(2)18-9-8-17(3)22(15-18)23-21-11-10-20(25(5,6)7)14-19(21)12-13-24(23)4/h8-16H,1-7H3/q+1. The minimum atomic E-state index is -1.30. The van der Waals surface area contributed by atoms with Gasteiger partial charge in [-0.25, -0.2) is 4.57 Å². The molecule has 0 atom stereocenters. The molecule has 1 aromatic heterocycles. The second-order valence-electron chi connectivity index (χ2n) is 8.56. The summed E-state index contributed by atoms with van der Waals surface area (Å²) >= 11 is 0. The fourth-order valence-electron chi connectivity index (χ4n) is 3.43. The predicted molar refractivity (Wildman–Crippen MR) is 112 cm³/mol. The average molecular weight is 349 g/mol. The lowest BCUT2D eigenvalue weighted by Gasteiger charge is -2.18. The van der Waals surface area contributed by atoms with Crippen molar-refractivity contribution in [2.45, 2.75) is 46.3 Å². The molecule has 0 amide bonds. The van der Waals surface area contributed by atoms with Crippen LogP contribution in [0.5, 0.6) is 0 Å². The van der Waals surface area contributed by atoms with Gasteiger partial charge in [-0.05, 0) is 41.5 Å². The van der Waals surface area contributed by atoms with Crippen LogP contribution in [0, 0.1) is 6.92 Å². The lowest BCUT2D eigenvalue weighted by molar-refractivity contribution is -0.659. The number of aromatic nitrogens is 1. The van der Waals surface area contributed by atoms with Gasteiger partial charge in [0.05, 0.1) is 13.5 Å². The number of rotatable bonds is 3. The van der Waals surface area contributed by atoms with Gasteiger partial charge in [-0.3, -0.25) is 0 Å². The predicted octanol–water partition coefficient (Wildman–Crippen LogP) is 5.31. The molecular weight excluding hydrogens is 318 g/mol. The van der Waals surface area contributed by atoms with E-state index in [-0.39, 0.29) is 0 Å². The van der Waals surface area contributed by atoms with Crippen molar-refractivity contribution in [3.8, 4) is 11.3 Å². The normalized spacial score (nSPS) is 12.2. The number of pyridine rings is 1. The average Bonchev–Trinajstić information content (AvgIpc) is 2.54. The minimum Gasteiger partial charge on any atom is -0.200 e. The first kappa shape index (κ1) is 17.9. The van der Waals surface area contributed by atoms with Crippen LogP contribution in [0.3, 0.4) is 0 Å². The van der Waals surface area contributed by atoms with Crippen LogP contribution in [0.4, 0.5) is 0 Å². The summed E-state index contributed by atoms with van der Waals surface area (Å²) in [7, 11) is 0.853. The molecule has 130 valence electrons. The van der Waals surface area contributed by atoms with Crippen LogP contribution in [-0.4, -0.2) is 8.07 Å². The fraction of sp³-hybridized carbons (Fsp3) is 0.348. The SMILES string of the molecule is Cc1ccc(C(C)C)cc1-c1c2ccc([Si](C)(C)C)cc2cc[n+]1C. The first-order valence-corrected chi connectivity index (χ1v) is 12.7. The zero-order valence-corrected chi connectivity index (χ0v) is 17.6. The molecule has 0 unspecified atom stereocenters. The highest BCUT2D eigenvalue weighted by molar-refractivity contribution is 6.88. The van der Waals surface area contributed by atoms with Crippen molar-refractivity contribution < 1.29 is 4.57 Å². The Morgan fingerprint density at radius 2 is 1.64 bits per heavy atom. The number of aryl methyl sites for hydroxylation is 2. The van der Waals surface area contributed by atoms with Gasteiger partial charge in [-0.1, -0.05) is 62.9 Å². The van der Waals surface area contributed by atoms with E-state index < -0.39 is 8.07 Å². The summed E-state index contributed by atoms with van der Waals surface area (Å²) in [6.07, 6.45) is 2.20. The lowest BCUT2D eigenvalue weighted by atomic mass is 9.94. The second kappa shape index (κ2) is 6.42. The molecule has 0 spiro atoms. The van der Waals surface area contributed by atoms with Crippen molar-refractivity contribution in [1.82, 2.24) is 0 Å². The Balaban J connectivity index is 2.30. The molecular formula is C23H30NSi+. The van der Waals surface area contributed by atoms with E-state index in [4.69, 9.17) is 0 Å². The molecule has 0 N–H and O–H groups in total. The Hall–Kier alpha value is -1.93. The third kappa shape index (κ3) is 3.41. The smallest absolute Gasteiger partial charge is 0.200 e. The van der Waals surface area contributed by atoms with Gasteiger partial charge in [0, 0.05) is 11.6 Å². The molecule has 0 bridgehead atoms. The minimum absolute atomic E-state index is 0.540. The first-order valence-electron chi connectivity index (χ1n) is 9.22. The van der Waals surface area contributed by atoms with Gasteiger partial charge in [-0.2, -0.15) is 0 Å². The molecule has 0 radical (unpaired) electrons. The van der Waals surface area contributed by atoms with Crippen LogP contribution in [0.1, 0.15) is 30.9 Å². The van der Waals surface area contributed by atoms with Gasteiger partial charge in [0.15, 0.2) is 6.20 Å². The van der Waals surface area contributed by atoms with Crippen molar-refractivity contribution >= 4 is 24.0 Å². The van der Waals surface area contributed by atoms with Gasteiger partial charge < -0.3 is 0 Å². The van der Waals surface area contributed by atoms with Crippen molar-refractivity contribution in [2.75, 3.05) is 0 Å². The van der Waals surface area contributed by atoms with Gasteiger partial charge in [0.25, 0.3) is 0 Å². The summed E-state index contributed by atoms with van der Waals surface area (Å²) in [4.78, 5) is 0. The van der Waals surface area contributed by atoms with Crippen molar-refractivity contribution in [2.24, 2.45) is 7.05 Å². The van der Waals surface area contributed by atoms with E-state index in [1.54, 1.807) is 0 Å². The number of nitrogens with zero attached hydrogens (tertiary/aromatic N) is 1. The van der Waals surface area contributed by atoms with E-state index in [1.807, 2.05) is 0 Å². The third-order valence-electron chi connectivity index (χ3n) is 5.19. The highest BCUT2D eigenvalue weighted by Crippen LogP contribution is 2.30. The van der Waals surface area contributed by atoms with E-state index in [0.29, 0.717) is 5.92 Å². The van der Waals surface area contributed by atoms with Crippen LogP contribution >= 0.6 is 0 Å². The maximum Gasteiger partial charge on any atom is 0.220 e. The molecule has 0 saturated heterocycles. The molecule has 0 saturated carbocycles. The summed E-state index contributed by atoms with van der Waals surface area (Å²) in [5.41, 5.74) is 5.40. The van der Waals surface area contributed by atoms with E-state index in [2.05, 4.69) is 101 Å². The summed E-state index contributed by atoms with van der Waals surface area (Å²) in [5.74, 6) is 0.540. The highest BCUT2D eigenvalue weighted by Gasteiger charge is 2.21. The Morgan fingerprint density at radius 3 is 2.28 bits per heavy atom. The van der Waals surface area contributed by atoms with Crippen LogP contribution in [0.25, 0.3) is 22.0 Å². The van der Waals surface area contributed by atoms with Gasteiger partial charge in [0.2, 0.25) is 5.69 Å². The van der Waals surface area contributed by atoms with Gasteiger partial charge >= 0.3 is 0 Å². The molecule has 2 aromatic carbocycles. The fourth-order valence-corrected chi connectivity index (χ4v) is 4.60. The number of hydrogen-bond donors (Lipinski definition) is 0.